The summed E-state index contributed by atoms with van der Waals surface area (Å²) in [5.74, 6) is 0. The van der Waals surface area contributed by atoms with E-state index in [1.807, 2.05) is 12.3 Å². The van der Waals surface area contributed by atoms with Crippen LogP contribution in [0.25, 0.3) is 0 Å². The van der Waals surface area contributed by atoms with E-state index in [9.17, 15) is 0 Å². The third-order valence-corrected chi connectivity index (χ3v) is 4.62. The molecule has 0 amide bonds. The standard InChI is InChI=1S/C18H18Cl2N2/c19-17-9-6-15(12-18(17)20)21-13-14-4-7-16(8-5-14)22-10-2-1-3-11-22/h4-9,12-13H,1-3,10-11H2. The zero-order valence-electron chi connectivity index (χ0n) is 12.3. The van der Waals surface area contributed by atoms with Crippen LogP contribution in [0.4, 0.5) is 11.4 Å². The lowest BCUT2D eigenvalue weighted by molar-refractivity contribution is 0.578. The first kappa shape index (κ1) is 15.4. The maximum Gasteiger partial charge on any atom is 0.0645 e. The van der Waals surface area contributed by atoms with E-state index in [0.29, 0.717) is 10.0 Å². The van der Waals surface area contributed by atoms with Crippen molar-refractivity contribution in [3.05, 3.63) is 58.1 Å². The van der Waals surface area contributed by atoms with E-state index in [0.717, 1.165) is 24.3 Å². The normalized spacial score (nSPS) is 15.5. The molecule has 114 valence electrons. The summed E-state index contributed by atoms with van der Waals surface area (Å²) in [7, 11) is 0. The second-order valence-electron chi connectivity index (χ2n) is 5.50. The fraction of sp³-hybridized carbons (Fsp3) is 0.278. The van der Waals surface area contributed by atoms with Gasteiger partial charge in [0.25, 0.3) is 0 Å². The molecule has 2 aromatic rings. The molecule has 0 spiro atoms. The molecule has 4 heteroatoms. The number of aliphatic imine (C=N–C) groups is 1. The van der Waals surface area contributed by atoms with Gasteiger partial charge < -0.3 is 4.90 Å². The van der Waals surface area contributed by atoms with E-state index >= 15 is 0 Å². The number of halogens is 2. The van der Waals surface area contributed by atoms with Crippen LogP contribution in [0.3, 0.4) is 0 Å². The third kappa shape index (κ3) is 3.82. The van der Waals surface area contributed by atoms with Crippen LogP contribution in [0.5, 0.6) is 0 Å². The molecule has 1 heterocycles. The van der Waals surface area contributed by atoms with E-state index in [2.05, 4.69) is 34.2 Å². The molecule has 0 unspecified atom stereocenters. The predicted molar refractivity (Wildman–Crippen MR) is 96.2 cm³/mol. The van der Waals surface area contributed by atoms with Crippen LogP contribution >= 0.6 is 23.2 Å². The van der Waals surface area contributed by atoms with Gasteiger partial charge in [0, 0.05) is 25.0 Å². The third-order valence-electron chi connectivity index (χ3n) is 3.88. The first-order valence-corrected chi connectivity index (χ1v) is 8.32. The molecule has 1 saturated heterocycles. The summed E-state index contributed by atoms with van der Waals surface area (Å²) in [5.41, 5.74) is 3.17. The minimum atomic E-state index is 0.525. The van der Waals surface area contributed by atoms with Gasteiger partial charge in [0.2, 0.25) is 0 Å². The van der Waals surface area contributed by atoms with E-state index in [4.69, 9.17) is 23.2 Å². The molecule has 0 N–H and O–H groups in total. The summed E-state index contributed by atoms with van der Waals surface area (Å²) >= 11 is 11.9. The summed E-state index contributed by atoms with van der Waals surface area (Å²) in [6, 6.07) is 13.9. The zero-order chi connectivity index (χ0) is 15.4. The average Bonchev–Trinajstić information content (AvgIpc) is 2.57. The van der Waals surface area contributed by atoms with Crippen molar-refractivity contribution < 1.29 is 0 Å². The fourth-order valence-corrected chi connectivity index (χ4v) is 2.93. The summed E-state index contributed by atoms with van der Waals surface area (Å²) in [5, 5.41) is 1.07. The molecule has 3 rings (SSSR count). The van der Waals surface area contributed by atoms with Gasteiger partial charge in [0.1, 0.15) is 0 Å². The number of hydrogen-bond donors (Lipinski definition) is 0. The molecule has 1 aliphatic rings. The van der Waals surface area contributed by atoms with E-state index < -0.39 is 0 Å². The van der Waals surface area contributed by atoms with E-state index in [1.54, 1.807) is 12.1 Å². The number of piperidine rings is 1. The number of nitrogens with zero attached hydrogens (tertiary/aromatic N) is 2. The topological polar surface area (TPSA) is 15.6 Å². The molecule has 0 aliphatic carbocycles. The van der Waals surface area contributed by atoms with Gasteiger partial charge in [-0.25, -0.2) is 0 Å². The Morgan fingerprint density at radius 2 is 1.59 bits per heavy atom. The molecule has 1 fully saturated rings. The molecule has 0 saturated carbocycles. The molecule has 22 heavy (non-hydrogen) atoms. The molecule has 0 radical (unpaired) electrons. The highest BCUT2D eigenvalue weighted by Gasteiger charge is 2.10. The molecular formula is C18H18Cl2N2. The number of rotatable bonds is 3. The van der Waals surface area contributed by atoms with E-state index in [1.165, 1.54) is 24.9 Å². The maximum absolute atomic E-state index is 5.99. The van der Waals surface area contributed by atoms with Crippen LogP contribution in [-0.2, 0) is 0 Å². The number of hydrogen-bond acceptors (Lipinski definition) is 2. The lowest BCUT2D eigenvalue weighted by Gasteiger charge is -2.28. The highest BCUT2D eigenvalue weighted by molar-refractivity contribution is 6.42. The minimum absolute atomic E-state index is 0.525. The van der Waals surface area contributed by atoms with E-state index in [-0.39, 0.29) is 0 Å². The second kappa shape index (κ2) is 7.17. The van der Waals surface area contributed by atoms with Crippen molar-refractivity contribution >= 4 is 40.8 Å². The Morgan fingerprint density at radius 3 is 2.27 bits per heavy atom. The van der Waals surface area contributed by atoms with Gasteiger partial charge >= 0.3 is 0 Å². The Morgan fingerprint density at radius 1 is 0.864 bits per heavy atom. The van der Waals surface area contributed by atoms with Gasteiger partial charge in [0.15, 0.2) is 0 Å². The highest BCUT2D eigenvalue weighted by atomic mass is 35.5. The summed E-state index contributed by atoms with van der Waals surface area (Å²) < 4.78 is 0. The van der Waals surface area contributed by atoms with Crippen LogP contribution in [0.15, 0.2) is 47.5 Å². The first-order valence-electron chi connectivity index (χ1n) is 7.56. The van der Waals surface area contributed by atoms with Crippen molar-refractivity contribution in [3.8, 4) is 0 Å². The minimum Gasteiger partial charge on any atom is -0.372 e. The summed E-state index contributed by atoms with van der Waals surface area (Å²) in [6.45, 7) is 2.33. The predicted octanol–water partition coefficient (Wildman–Crippen LogP) is 5.73. The van der Waals surface area contributed by atoms with Gasteiger partial charge in [0.05, 0.1) is 15.7 Å². The Balaban J connectivity index is 1.69. The van der Waals surface area contributed by atoms with Crippen LogP contribution in [0.1, 0.15) is 24.8 Å². The Kier molecular flexibility index (Phi) is 5.01. The zero-order valence-corrected chi connectivity index (χ0v) is 13.8. The van der Waals surface area contributed by atoms with Crippen molar-refractivity contribution in [2.24, 2.45) is 4.99 Å². The summed E-state index contributed by atoms with van der Waals surface area (Å²) in [6.07, 6.45) is 5.78. The largest absolute Gasteiger partial charge is 0.372 e. The molecule has 1 aliphatic heterocycles. The smallest absolute Gasteiger partial charge is 0.0645 e. The van der Waals surface area contributed by atoms with Crippen LogP contribution < -0.4 is 4.90 Å². The number of benzene rings is 2. The van der Waals surface area contributed by atoms with Gasteiger partial charge in [-0.1, -0.05) is 35.3 Å². The van der Waals surface area contributed by atoms with Crippen molar-refractivity contribution in [3.63, 3.8) is 0 Å². The lowest BCUT2D eigenvalue weighted by Crippen LogP contribution is -2.29. The quantitative estimate of drug-likeness (QED) is 0.655. The maximum atomic E-state index is 5.99. The Bertz CT molecular complexity index is 659. The molecule has 0 atom stereocenters. The average molecular weight is 333 g/mol. The van der Waals surface area contributed by atoms with Gasteiger partial charge in [-0.05, 0) is 55.2 Å². The Labute approximate surface area is 141 Å². The second-order valence-corrected chi connectivity index (χ2v) is 6.31. The molecular weight excluding hydrogens is 315 g/mol. The molecule has 0 bridgehead atoms. The van der Waals surface area contributed by atoms with Crippen molar-refractivity contribution in [1.29, 1.82) is 0 Å². The van der Waals surface area contributed by atoms with Crippen LogP contribution in [-0.4, -0.2) is 19.3 Å². The molecule has 2 nitrogen and oxygen atoms in total. The number of anilines is 1. The SMILES string of the molecule is Clc1ccc(N=Cc2ccc(N3CCCCC3)cc2)cc1Cl. The van der Waals surface area contributed by atoms with Crippen LogP contribution in [0, 0.1) is 0 Å². The fourth-order valence-electron chi connectivity index (χ4n) is 2.64. The first-order chi connectivity index (χ1) is 10.7. The van der Waals surface area contributed by atoms with Crippen molar-refractivity contribution in [1.82, 2.24) is 0 Å². The van der Waals surface area contributed by atoms with Gasteiger partial charge in [-0.15, -0.1) is 0 Å². The van der Waals surface area contributed by atoms with Crippen molar-refractivity contribution in [2.75, 3.05) is 18.0 Å². The van der Waals surface area contributed by atoms with Gasteiger partial charge in [-0.2, -0.15) is 0 Å². The Hall–Kier alpha value is -1.51. The van der Waals surface area contributed by atoms with Crippen LogP contribution in [0.2, 0.25) is 10.0 Å². The van der Waals surface area contributed by atoms with Gasteiger partial charge in [-0.3, -0.25) is 4.99 Å². The molecule has 0 aromatic heterocycles. The molecule has 2 aromatic carbocycles. The van der Waals surface area contributed by atoms with Crippen molar-refractivity contribution in [2.45, 2.75) is 19.3 Å². The monoisotopic (exact) mass is 332 g/mol. The highest BCUT2D eigenvalue weighted by Crippen LogP contribution is 2.26. The summed E-state index contributed by atoms with van der Waals surface area (Å²) in [4.78, 5) is 6.89. The lowest BCUT2D eigenvalue weighted by atomic mass is 10.1.